The smallest absolute Gasteiger partial charge is 0.193 e. The highest BCUT2D eigenvalue weighted by Gasteiger charge is 2.27. The number of aromatic nitrogens is 2. The summed E-state index contributed by atoms with van der Waals surface area (Å²) in [4.78, 5) is 4.06. The van der Waals surface area contributed by atoms with Crippen molar-refractivity contribution >= 4 is 23.0 Å². The highest BCUT2D eigenvalue weighted by atomic mass is 32.1. The van der Waals surface area contributed by atoms with Crippen LogP contribution in [-0.2, 0) is 6.54 Å². The lowest BCUT2D eigenvalue weighted by atomic mass is 10.3. The van der Waals surface area contributed by atoms with E-state index in [2.05, 4.69) is 20.5 Å². The molecule has 0 atom stereocenters. The molecular formula is C13H13F2N5S. The van der Waals surface area contributed by atoms with Crippen molar-refractivity contribution in [2.24, 2.45) is 10.7 Å². The highest BCUT2D eigenvalue weighted by Crippen LogP contribution is 2.41. The average Bonchev–Trinajstić information content (AvgIpc) is 3.20. The molecule has 21 heavy (non-hydrogen) atoms. The second-order valence-electron chi connectivity index (χ2n) is 4.76. The summed E-state index contributed by atoms with van der Waals surface area (Å²) in [6.07, 6.45) is 2.33. The average molecular weight is 309 g/mol. The predicted molar refractivity (Wildman–Crippen MR) is 77.2 cm³/mol. The van der Waals surface area contributed by atoms with E-state index in [4.69, 9.17) is 5.73 Å². The Balaban J connectivity index is 1.63. The van der Waals surface area contributed by atoms with Crippen molar-refractivity contribution in [3.05, 3.63) is 39.8 Å². The molecule has 1 heterocycles. The van der Waals surface area contributed by atoms with E-state index in [0.717, 1.165) is 28.2 Å². The molecule has 0 spiro atoms. The van der Waals surface area contributed by atoms with Crippen LogP contribution in [0.4, 0.5) is 14.5 Å². The normalized spacial score (nSPS) is 15.2. The van der Waals surface area contributed by atoms with Crippen LogP contribution < -0.4 is 11.1 Å². The molecule has 0 aliphatic heterocycles. The molecule has 1 aromatic heterocycles. The van der Waals surface area contributed by atoms with Crippen molar-refractivity contribution in [1.82, 2.24) is 10.2 Å². The monoisotopic (exact) mass is 309 g/mol. The second kappa shape index (κ2) is 5.72. The molecule has 5 nitrogen and oxygen atoms in total. The Labute approximate surface area is 123 Å². The van der Waals surface area contributed by atoms with Crippen LogP contribution in [0.25, 0.3) is 0 Å². The van der Waals surface area contributed by atoms with Crippen LogP contribution in [0.2, 0.25) is 0 Å². The number of nitrogens with two attached hydrogens (primary N) is 1. The maximum Gasteiger partial charge on any atom is 0.193 e. The third kappa shape index (κ3) is 3.52. The van der Waals surface area contributed by atoms with E-state index < -0.39 is 11.6 Å². The molecule has 1 saturated carbocycles. The molecule has 1 aromatic carbocycles. The lowest BCUT2D eigenvalue weighted by molar-refractivity contribution is 0.604. The van der Waals surface area contributed by atoms with Gasteiger partial charge in [-0.05, 0) is 25.0 Å². The molecule has 1 aliphatic rings. The molecule has 1 fully saturated rings. The molecule has 0 unspecified atom stereocenters. The maximum absolute atomic E-state index is 13.4. The Morgan fingerprint density at radius 3 is 2.95 bits per heavy atom. The van der Waals surface area contributed by atoms with Crippen LogP contribution in [0.1, 0.15) is 28.8 Å². The largest absolute Gasteiger partial charge is 0.370 e. The number of hydrogen-bond acceptors (Lipinski definition) is 4. The molecule has 110 valence electrons. The number of anilines is 1. The van der Waals surface area contributed by atoms with Crippen molar-refractivity contribution in [3.63, 3.8) is 0 Å². The molecule has 2 aromatic rings. The quantitative estimate of drug-likeness (QED) is 0.672. The third-order valence-corrected chi connectivity index (χ3v) is 4.06. The van der Waals surface area contributed by atoms with Crippen molar-refractivity contribution in [2.45, 2.75) is 25.3 Å². The zero-order valence-electron chi connectivity index (χ0n) is 11.0. The van der Waals surface area contributed by atoms with E-state index in [1.165, 1.54) is 24.2 Å². The summed E-state index contributed by atoms with van der Waals surface area (Å²) in [6.45, 7) is 0.264. The zero-order chi connectivity index (χ0) is 14.8. The molecule has 8 heteroatoms. The van der Waals surface area contributed by atoms with Crippen molar-refractivity contribution in [3.8, 4) is 0 Å². The maximum atomic E-state index is 13.4. The van der Waals surface area contributed by atoms with Gasteiger partial charge >= 0.3 is 0 Å². The molecular weight excluding hydrogens is 296 g/mol. The second-order valence-corrected chi connectivity index (χ2v) is 5.85. The molecule has 1 aliphatic carbocycles. The van der Waals surface area contributed by atoms with Crippen LogP contribution >= 0.6 is 11.3 Å². The lowest BCUT2D eigenvalue weighted by Crippen LogP contribution is -2.23. The summed E-state index contributed by atoms with van der Waals surface area (Å²) >= 11 is 1.51. The standard InChI is InChI=1S/C13H13F2N5S/c14-8-3-4-9(15)10(5-8)18-13(16)17-6-11-19-20-12(21-11)7-1-2-7/h3-5,7H,1-2,6H2,(H3,16,17,18). The van der Waals surface area contributed by atoms with Crippen molar-refractivity contribution < 1.29 is 8.78 Å². The first-order valence-corrected chi connectivity index (χ1v) is 7.28. The fourth-order valence-electron chi connectivity index (χ4n) is 1.75. The van der Waals surface area contributed by atoms with E-state index in [9.17, 15) is 8.78 Å². The SMILES string of the molecule is NC(=NCc1nnc(C2CC2)s1)Nc1cc(F)ccc1F. The highest BCUT2D eigenvalue weighted by molar-refractivity contribution is 7.11. The topological polar surface area (TPSA) is 76.2 Å². The number of benzene rings is 1. The first kappa shape index (κ1) is 13.9. The number of rotatable bonds is 4. The van der Waals surface area contributed by atoms with Gasteiger partial charge in [0.25, 0.3) is 0 Å². The molecule has 0 bridgehead atoms. The van der Waals surface area contributed by atoms with E-state index in [-0.39, 0.29) is 18.2 Å². The van der Waals surface area contributed by atoms with Gasteiger partial charge in [0.2, 0.25) is 0 Å². The molecule has 0 amide bonds. The fourth-order valence-corrected chi connectivity index (χ4v) is 2.69. The number of aliphatic imine (C=N–C) groups is 1. The van der Waals surface area contributed by atoms with Crippen molar-refractivity contribution in [2.75, 3.05) is 5.32 Å². The first-order chi connectivity index (χ1) is 10.1. The van der Waals surface area contributed by atoms with E-state index in [1.54, 1.807) is 0 Å². The van der Waals surface area contributed by atoms with Crippen LogP contribution in [0.15, 0.2) is 23.2 Å². The van der Waals surface area contributed by atoms with E-state index in [1.807, 2.05) is 0 Å². The molecule has 3 rings (SSSR count). The minimum absolute atomic E-state index is 0.00247. The van der Waals surface area contributed by atoms with Gasteiger partial charge in [-0.25, -0.2) is 13.8 Å². The Morgan fingerprint density at radius 2 is 2.19 bits per heavy atom. The van der Waals surface area contributed by atoms with Gasteiger partial charge in [0.15, 0.2) is 5.96 Å². The van der Waals surface area contributed by atoms with Gasteiger partial charge in [0.1, 0.15) is 21.6 Å². The van der Waals surface area contributed by atoms with Crippen molar-refractivity contribution in [1.29, 1.82) is 0 Å². The summed E-state index contributed by atoms with van der Waals surface area (Å²) in [7, 11) is 0. The van der Waals surface area contributed by atoms with Crippen LogP contribution in [-0.4, -0.2) is 16.2 Å². The van der Waals surface area contributed by atoms with Gasteiger partial charge in [-0.15, -0.1) is 10.2 Å². The predicted octanol–water partition coefficient (Wildman–Crippen LogP) is 2.62. The zero-order valence-corrected chi connectivity index (χ0v) is 11.8. The number of nitrogens with one attached hydrogen (secondary N) is 1. The Hall–Kier alpha value is -2.09. The summed E-state index contributed by atoms with van der Waals surface area (Å²) in [5.74, 6) is -0.592. The van der Waals surface area contributed by atoms with E-state index in [0.29, 0.717) is 5.92 Å². The third-order valence-electron chi connectivity index (χ3n) is 2.98. The lowest BCUT2D eigenvalue weighted by Gasteiger charge is -2.06. The Morgan fingerprint density at radius 1 is 1.38 bits per heavy atom. The minimum atomic E-state index is -0.596. The Bertz CT molecular complexity index is 681. The van der Waals surface area contributed by atoms with Gasteiger partial charge in [-0.1, -0.05) is 11.3 Å². The first-order valence-electron chi connectivity index (χ1n) is 6.46. The molecule has 0 radical (unpaired) electrons. The van der Waals surface area contributed by atoms with Gasteiger partial charge in [-0.2, -0.15) is 0 Å². The summed E-state index contributed by atoms with van der Waals surface area (Å²) in [6, 6.07) is 3.08. The van der Waals surface area contributed by atoms with Gasteiger partial charge in [0.05, 0.1) is 12.2 Å². The summed E-state index contributed by atoms with van der Waals surface area (Å²) in [5.41, 5.74) is 5.61. The van der Waals surface area contributed by atoms with Gasteiger partial charge in [0, 0.05) is 12.0 Å². The van der Waals surface area contributed by atoms with Crippen LogP contribution in [0.3, 0.4) is 0 Å². The number of nitrogens with zero attached hydrogens (tertiary/aromatic N) is 3. The van der Waals surface area contributed by atoms with Gasteiger partial charge < -0.3 is 11.1 Å². The van der Waals surface area contributed by atoms with Crippen LogP contribution in [0.5, 0.6) is 0 Å². The summed E-state index contributed by atoms with van der Waals surface area (Å²) in [5, 5.41) is 12.4. The molecule has 3 N–H and O–H groups in total. The fraction of sp³-hybridized carbons (Fsp3) is 0.308. The number of hydrogen-bond donors (Lipinski definition) is 2. The van der Waals surface area contributed by atoms with E-state index >= 15 is 0 Å². The van der Waals surface area contributed by atoms with Crippen LogP contribution in [0, 0.1) is 11.6 Å². The summed E-state index contributed by atoms with van der Waals surface area (Å²) < 4.78 is 26.5. The minimum Gasteiger partial charge on any atom is -0.370 e. The Kier molecular flexibility index (Phi) is 3.78. The van der Waals surface area contributed by atoms with Gasteiger partial charge in [-0.3, -0.25) is 0 Å². The number of guanidine groups is 1. The number of halogens is 2. The molecule has 0 saturated heterocycles.